The lowest BCUT2D eigenvalue weighted by atomic mass is 10.1. The Kier molecular flexibility index (Phi) is 7.94. The molecular formula is C51H33N5. The highest BCUT2D eigenvalue weighted by atomic mass is 15.0. The molecule has 11 rings (SSSR count). The summed E-state index contributed by atoms with van der Waals surface area (Å²) in [5.74, 6) is 1.91. The quantitative estimate of drug-likeness (QED) is 0.167. The minimum atomic E-state index is 0.628. The zero-order valence-electron chi connectivity index (χ0n) is 30.3. The fourth-order valence-corrected chi connectivity index (χ4v) is 8.04. The number of terminal acetylenes is 1. The summed E-state index contributed by atoms with van der Waals surface area (Å²) in [7, 11) is 0. The van der Waals surface area contributed by atoms with E-state index in [4.69, 9.17) is 15.0 Å². The molecule has 0 amide bonds. The number of para-hydroxylation sites is 3. The van der Waals surface area contributed by atoms with E-state index in [1.54, 1.807) is 0 Å². The maximum atomic E-state index is 5.11. The molecule has 0 atom stereocenters. The van der Waals surface area contributed by atoms with Crippen molar-refractivity contribution in [1.82, 2.24) is 24.1 Å². The second kappa shape index (κ2) is 13.6. The summed E-state index contributed by atoms with van der Waals surface area (Å²) >= 11 is 0. The molecule has 3 aromatic heterocycles. The van der Waals surface area contributed by atoms with Gasteiger partial charge < -0.3 is 9.13 Å². The first-order valence-corrected chi connectivity index (χ1v) is 18.5. The van der Waals surface area contributed by atoms with Gasteiger partial charge in [0.2, 0.25) is 0 Å². The van der Waals surface area contributed by atoms with E-state index in [0.717, 1.165) is 44.5 Å². The van der Waals surface area contributed by atoms with Crippen LogP contribution in [0, 0.1) is 12.8 Å². The summed E-state index contributed by atoms with van der Waals surface area (Å²) < 4.78 is 4.74. The minimum Gasteiger partial charge on any atom is -0.309 e. The minimum absolute atomic E-state index is 0.628. The monoisotopic (exact) mass is 715 g/mol. The highest BCUT2D eigenvalue weighted by Gasteiger charge is 2.18. The average Bonchev–Trinajstić information content (AvgIpc) is 3.80. The molecule has 5 heteroatoms. The third-order valence-electron chi connectivity index (χ3n) is 10.5. The van der Waals surface area contributed by atoms with E-state index < -0.39 is 0 Å². The molecule has 0 bridgehead atoms. The number of benzene rings is 8. The third-order valence-corrected chi connectivity index (χ3v) is 10.5. The lowest BCUT2D eigenvalue weighted by molar-refractivity contribution is 1.07. The van der Waals surface area contributed by atoms with Gasteiger partial charge in [-0.15, -0.1) is 12.8 Å². The molecule has 0 aliphatic heterocycles. The van der Waals surface area contributed by atoms with Crippen LogP contribution in [0.4, 0.5) is 0 Å². The van der Waals surface area contributed by atoms with Gasteiger partial charge in [-0.05, 0) is 65.4 Å². The highest BCUT2D eigenvalue weighted by Crippen LogP contribution is 2.37. The molecule has 0 unspecified atom stereocenters. The maximum Gasteiger partial charge on any atom is 0.164 e. The Morgan fingerprint density at radius 2 is 0.768 bits per heavy atom. The van der Waals surface area contributed by atoms with Crippen LogP contribution in [0.1, 0.15) is 0 Å². The van der Waals surface area contributed by atoms with Gasteiger partial charge in [-0.1, -0.05) is 133 Å². The summed E-state index contributed by atoms with van der Waals surface area (Å²) in [6.45, 7) is 0. The van der Waals surface area contributed by atoms with Crippen molar-refractivity contribution in [3.8, 4) is 58.4 Å². The van der Waals surface area contributed by atoms with E-state index in [2.05, 4.69) is 180 Å². The molecule has 0 spiro atoms. The molecule has 5 nitrogen and oxygen atoms in total. The molecule has 11 aromatic rings. The summed E-state index contributed by atoms with van der Waals surface area (Å²) in [6.07, 6.45) is 8.00. The van der Waals surface area contributed by atoms with Gasteiger partial charge in [-0.25, -0.2) is 15.0 Å². The number of rotatable bonds is 5. The summed E-state index contributed by atoms with van der Waals surface area (Å²) in [4.78, 5) is 15.2. The van der Waals surface area contributed by atoms with Crippen LogP contribution in [0.25, 0.3) is 99.9 Å². The first kappa shape index (κ1) is 32.8. The average molecular weight is 716 g/mol. The van der Waals surface area contributed by atoms with Crippen molar-refractivity contribution >= 4 is 54.4 Å². The largest absolute Gasteiger partial charge is 0.309 e. The van der Waals surface area contributed by atoms with Gasteiger partial charge in [0.25, 0.3) is 0 Å². The normalized spacial score (nSPS) is 11.3. The number of hydrogen-bond acceptors (Lipinski definition) is 3. The summed E-state index contributed by atoms with van der Waals surface area (Å²) in [5, 5.41) is 7.23. The Morgan fingerprint density at radius 1 is 0.304 bits per heavy atom. The van der Waals surface area contributed by atoms with Crippen molar-refractivity contribution in [3.05, 3.63) is 188 Å². The van der Waals surface area contributed by atoms with Crippen LogP contribution in [-0.2, 0) is 0 Å². The van der Waals surface area contributed by atoms with Gasteiger partial charge in [0.15, 0.2) is 17.5 Å². The van der Waals surface area contributed by atoms with Crippen LogP contribution in [0.2, 0.25) is 0 Å². The van der Waals surface area contributed by atoms with Crippen molar-refractivity contribution in [2.45, 2.75) is 0 Å². The molecule has 0 saturated heterocycles. The molecule has 0 radical (unpaired) electrons. The molecular weight excluding hydrogens is 683 g/mol. The van der Waals surface area contributed by atoms with E-state index in [1.807, 2.05) is 30.3 Å². The number of aromatic nitrogens is 5. The maximum absolute atomic E-state index is 5.11. The van der Waals surface area contributed by atoms with Crippen LogP contribution in [0.5, 0.6) is 0 Å². The fraction of sp³-hybridized carbons (Fsp3) is 0. The van der Waals surface area contributed by atoms with E-state index in [0.29, 0.717) is 17.5 Å². The first-order valence-electron chi connectivity index (χ1n) is 18.5. The van der Waals surface area contributed by atoms with Crippen LogP contribution < -0.4 is 0 Å². The first-order chi connectivity index (χ1) is 27.8. The van der Waals surface area contributed by atoms with E-state index >= 15 is 0 Å². The fourth-order valence-electron chi connectivity index (χ4n) is 8.04. The van der Waals surface area contributed by atoms with E-state index in [9.17, 15) is 0 Å². The van der Waals surface area contributed by atoms with Crippen molar-refractivity contribution in [1.29, 1.82) is 0 Å². The molecule has 56 heavy (non-hydrogen) atoms. The standard InChI is InChI=1S/C49H31N5.C2H2/c1-2-14-33(15-3-1)47-50-48(52-49(51-47)36-26-25-32-13-4-5-16-34(32)29-36)35-17-12-18-37(30-35)53-45-24-11-8-21-41(45)42-31-38(27-28-46(42)53)54-43-22-9-6-19-39(43)40-20-7-10-23-44(40)54;1-2/h1-31H;1-2H. The van der Waals surface area contributed by atoms with Gasteiger partial charge in [0, 0.05) is 49.6 Å². The molecule has 0 aliphatic carbocycles. The highest BCUT2D eigenvalue weighted by molar-refractivity contribution is 6.12. The third kappa shape index (κ3) is 5.40. The zero-order valence-corrected chi connectivity index (χ0v) is 30.3. The van der Waals surface area contributed by atoms with Gasteiger partial charge in [0.1, 0.15) is 0 Å². The second-order valence-electron chi connectivity index (χ2n) is 13.7. The zero-order chi connectivity index (χ0) is 37.6. The molecule has 262 valence electrons. The Morgan fingerprint density at radius 3 is 1.41 bits per heavy atom. The molecule has 3 heterocycles. The predicted molar refractivity (Wildman–Crippen MR) is 232 cm³/mol. The number of fused-ring (bicyclic) bond motifs is 7. The topological polar surface area (TPSA) is 48.5 Å². The Balaban J connectivity index is 0.00000189. The Bertz CT molecular complexity index is 3220. The smallest absolute Gasteiger partial charge is 0.164 e. The second-order valence-corrected chi connectivity index (χ2v) is 13.7. The van der Waals surface area contributed by atoms with Gasteiger partial charge in [0.05, 0.1) is 22.1 Å². The van der Waals surface area contributed by atoms with Crippen molar-refractivity contribution < 1.29 is 0 Å². The van der Waals surface area contributed by atoms with Gasteiger partial charge >= 0.3 is 0 Å². The van der Waals surface area contributed by atoms with Crippen LogP contribution >= 0.6 is 0 Å². The molecule has 0 saturated carbocycles. The number of nitrogens with zero attached hydrogens (tertiary/aromatic N) is 5. The lowest BCUT2D eigenvalue weighted by Gasteiger charge is -2.12. The number of hydrogen-bond donors (Lipinski definition) is 0. The van der Waals surface area contributed by atoms with Crippen molar-refractivity contribution in [2.24, 2.45) is 0 Å². The molecule has 0 aliphatic rings. The van der Waals surface area contributed by atoms with Gasteiger partial charge in [-0.2, -0.15) is 0 Å². The molecule has 0 N–H and O–H groups in total. The summed E-state index contributed by atoms with van der Waals surface area (Å²) in [5.41, 5.74) is 9.66. The van der Waals surface area contributed by atoms with Crippen LogP contribution in [0.3, 0.4) is 0 Å². The van der Waals surface area contributed by atoms with E-state index in [-0.39, 0.29) is 0 Å². The molecule has 0 fully saturated rings. The lowest BCUT2D eigenvalue weighted by Crippen LogP contribution is -2.01. The predicted octanol–water partition coefficient (Wildman–Crippen LogP) is 12.5. The summed E-state index contributed by atoms with van der Waals surface area (Å²) in [6, 6.07) is 66.3. The van der Waals surface area contributed by atoms with Crippen molar-refractivity contribution in [2.75, 3.05) is 0 Å². The SMILES string of the molecule is C#C.c1ccc(-c2nc(-c3cccc(-n4c5ccccc5c5cc(-n6c7ccccc7c7ccccc76)ccc54)c3)nc(-c3ccc4ccccc4c3)n2)cc1. The van der Waals surface area contributed by atoms with Crippen molar-refractivity contribution in [3.63, 3.8) is 0 Å². The van der Waals surface area contributed by atoms with E-state index in [1.165, 1.54) is 38.0 Å². The van der Waals surface area contributed by atoms with Crippen LogP contribution in [0.15, 0.2) is 188 Å². The Labute approximate surface area is 323 Å². The Hall–Kier alpha value is -7.81. The molecule has 8 aromatic carbocycles. The van der Waals surface area contributed by atoms with Gasteiger partial charge in [-0.3, -0.25) is 0 Å². The van der Waals surface area contributed by atoms with Crippen LogP contribution in [-0.4, -0.2) is 24.1 Å².